The van der Waals surface area contributed by atoms with Crippen molar-refractivity contribution in [2.75, 3.05) is 6.67 Å². The fraction of sp³-hybridized carbons (Fsp3) is 0.727. The molecule has 0 amide bonds. The number of carboxylic acid groups (broad SMARTS) is 1. The van der Waals surface area contributed by atoms with E-state index < -0.39 is 36.9 Å². The summed E-state index contributed by atoms with van der Waals surface area (Å²) in [6.07, 6.45) is -0.543. The lowest BCUT2D eigenvalue weighted by molar-refractivity contribution is -0.139. The molecule has 104 valence electrons. The topological polar surface area (TPSA) is 95.5 Å². The zero-order chi connectivity index (χ0) is 14.3. The lowest BCUT2D eigenvalue weighted by Gasteiger charge is -2.23. The molecule has 0 aromatic carbocycles. The summed E-state index contributed by atoms with van der Waals surface area (Å²) in [5.74, 6) is -2.28. The summed E-state index contributed by atoms with van der Waals surface area (Å²) in [4.78, 5) is 33.0. The van der Waals surface area contributed by atoms with Crippen LogP contribution in [0.5, 0.6) is 0 Å². The lowest BCUT2D eigenvalue weighted by Crippen LogP contribution is -2.54. The SMILES string of the molecule is CC(=O)[C@@H](NNC(CC(=O)O)C(=O)CF)C(C)C. The van der Waals surface area contributed by atoms with Gasteiger partial charge >= 0.3 is 5.97 Å². The first-order valence-corrected chi connectivity index (χ1v) is 5.61. The number of ketones is 2. The lowest BCUT2D eigenvalue weighted by atomic mass is 10.0. The Bertz CT molecular complexity index is 320. The second-order valence-corrected chi connectivity index (χ2v) is 4.37. The first kappa shape index (κ1) is 16.7. The molecule has 0 heterocycles. The summed E-state index contributed by atoms with van der Waals surface area (Å²) >= 11 is 0. The maximum absolute atomic E-state index is 12.3. The van der Waals surface area contributed by atoms with Gasteiger partial charge in [0, 0.05) is 0 Å². The van der Waals surface area contributed by atoms with E-state index in [2.05, 4.69) is 10.9 Å². The van der Waals surface area contributed by atoms with Crippen molar-refractivity contribution in [3.05, 3.63) is 0 Å². The van der Waals surface area contributed by atoms with Gasteiger partial charge in [-0.15, -0.1) is 0 Å². The molecule has 0 aliphatic heterocycles. The molecule has 7 heteroatoms. The van der Waals surface area contributed by atoms with Crippen molar-refractivity contribution in [2.24, 2.45) is 5.92 Å². The molecule has 0 bridgehead atoms. The molecule has 0 aromatic heterocycles. The van der Waals surface area contributed by atoms with E-state index in [-0.39, 0.29) is 11.7 Å². The number of aliphatic carboxylic acids is 1. The first-order valence-electron chi connectivity index (χ1n) is 5.61. The van der Waals surface area contributed by atoms with E-state index in [9.17, 15) is 18.8 Å². The van der Waals surface area contributed by atoms with Crippen molar-refractivity contribution in [2.45, 2.75) is 39.3 Å². The molecule has 0 aliphatic carbocycles. The number of carboxylic acids is 1. The molecule has 0 rings (SSSR count). The van der Waals surface area contributed by atoms with Gasteiger partial charge in [-0.1, -0.05) is 13.8 Å². The van der Waals surface area contributed by atoms with Crippen LogP contribution in [-0.4, -0.2) is 41.4 Å². The first-order chi connectivity index (χ1) is 8.29. The van der Waals surface area contributed by atoms with E-state index in [1.165, 1.54) is 6.92 Å². The maximum Gasteiger partial charge on any atom is 0.305 e. The molecule has 0 radical (unpaired) electrons. The fourth-order valence-electron chi connectivity index (χ4n) is 1.44. The van der Waals surface area contributed by atoms with Crippen molar-refractivity contribution in [1.82, 2.24) is 10.9 Å². The third-order valence-electron chi connectivity index (χ3n) is 2.42. The number of alkyl halides is 1. The Labute approximate surface area is 105 Å². The summed E-state index contributed by atoms with van der Waals surface area (Å²) in [5, 5.41) is 8.60. The summed E-state index contributed by atoms with van der Waals surface area (Å²) in [5.41, 5.74) is 5.01. The van der Waals surface area contributed by atoms with Crippen molar-refractivity contribution in [3.8, 4) is 0 Å². The molecule has 0 aromatic rings. The Hall–Kier alpha value is -1.34. The van der Waals surface area contributed by atoms with Gasteiger partial charge in [0.1, 0.15) is 12.5 Å². The van der Waals surface area contributed by atoms with Crippen molar-refractivity contribution in [3.63, 3.8) is 0 Å². The van der Waals surface area contributed by atoms with Crippen LogP contribution in [0.2, 0.25) is 0 Å². The van der Waals surface area contributed by atoms with Gasteiger partial charge in [0.05, 0.1) is 18.5 Å². The molecule has 18 heavy (non-hydrogen) atoms. The number of nitrogens with one attached hydrogen (secondary N) is 2. The monoisotopic (exact) mass is 262 g/mol. The third kappa shape index (κ3) is 5.83. The number of carbonyl (C=O) groups excluding carboxylic acids is 2. The van der Waals surface area contributed by atoms with Crippen LogP contribution in [0.3, 0.4) is 0 Å². The highest BCUT2D eigenvalue weighted by atomic mass is 19.1. The fourth-order valence-corrected chi connectivity index (χ4v) is 1.44. The number of rotatable bonds is 9. The van der Waals surface area contributed by atoms with Gasteiger partial charge < -0.3 is 5.11 Å². The highest BCUT2D eigenvalue weighted by Gasteiger charge is 2.24. The Balaban J connectivity index is 4.53. The predicted molar refractivity (Wildman–Crippen MR) is 62.6 cm³/mol. The highest BCUT2D eigenvalue weighted by Crippen LogP contribution is 2.02. The quantitative estimate of drug-likeness (QED) is 0.509. The molecule has 0 fully saturated rings. The van der Waals surface area contributed by atoms with E-state index in [0.717, 1.165) is 0 Å². The van der Waals surface area contributed by atoms with E-state index in [1.807, 2.05) is 0 Å². The molecule has 2 atom stereocenters. The van der Waals surface area contributed by atoms with Crippen molar-refractivity contribution < 1.29 is 23.9 Å². The second kappa shape index (κ2) is 7.88. The molecule has 0 spiro atoms. The Morgan fingerprint density at radius 1 is 1.22 bits per heavy atom. The number of Topliss-reactive ketones (excluding diaryl/α,β-unsaturated/α-hetero) is 2. The van der Waals surface area contributed by atoms with Gasteiger partial charge in [0.2, 0.25) is 0 Å². The van der Waals surface area contributed by atoms with Crippen LogP contribution in [-0.2, 0) is 14.4 Å². The molecule has 0 saturated heterocycles. The molecule has 3 N–H and O–H groups in total. The molecular formula is C11H19FN2O4. The van der Waals surface area contributed by atoms with Crippen LogP contribution in [0.4, 0.5) is 4.39 Å². The minimum atomic E-state index is -1.25. The smallest absolute Gasteiger partial charge is 0.305 e. The molecule has 1 unspecified atom stereocenters. The predicted octanol–water partition coefficient (Wildman–Crippen LogP) is 0.0761. The van der Waals surface area contributed by atoms with Gasteiger partial charge in [-0.05, 0) is 12.8 Å². The van der Waals surface area contributed by atoms with E-state index in [0.29, 0.717) is 0 Å². The van der Waals surface area contributed by atoms with E-state index >= 15 is 0 Å². The normalized spacial score (nSPS) is 14.3. The van der Waals surface area contributed by atoms with Crippen LogP contribution in [0.15, 0.2) is 0 Å². The standard InChI is InChI=1S/C11H19FN2O4/c1-6(2)11(7(3)15)14-13-8(4-10(17)18)9(16)5-12/h6,8,11,13-14H,4-5H2,1-3H3,(H,17,18)/t8?,11-/m0/s1. The zero-order valence-corrected chi connectivity index (χ0v) is 10.7. The Morgan fingerprint density at radius 3 is 2.11 bits per heavy atom. The highest BCUT2D eigenvalue weighted by molar-refractivity contribution is 5.88. The van der Waals surface area contributed by atoms with E-state index in [4.69, 9.17) is 5.11 Å². The number of halogens is 1. The molecular weight excluding hydrogens is 243 g/mol. The Kier molecular flexibility index (Phi) is 7.30. The van der Waals surface area contributed by atoms with Gasteiger partial charge in [-0.25, -0.2) is 15.2 Å². The van der Waals surface area contributed by atoms with Crippen molar-refractivity contribution in [1.29, 1.82) is 0 Å². The summed E-state index contributed by atoms with van der Waals surface area (Å²) in [6.45, 7) is 3.72. The van der Waals surface area contributed by atoms with Gasteiger partial charge in [0.25, 0.3) is 0 Å². The van der Waals surface area contributed by atoms with Crippen LogP contribution < -0.4 is 10.9 Å². The summed E-state index contributed by atoms with van der Waals surface area (Å²) < 4.78 is 12.3. The van der Waals surface area contributed by atoms with E-state index in [1.54, 1.807) is 13.8 Å². The molecule has 6 nitrogen and oxygen atoms in total. The molecule has 0 saturated carbocycles. The van der Waals surface area contributed by atoms with Gasteiger partial charge in [-0.3, -0.25) is 14.4 Å². The minimum Gasteiger partial charge on any atom is -0.481 e. The van der Waals surface area contributed by atoms with Crippen LogP contribution >= 0.6 is 0 Å². The number of hydrogen-bond acceptors (Lipinski definition) is 5. The number of carbonyl (C=O) groups is 3. The largest absolute Gasteiger partial charge is 0.481 e. The zero-order valence-electron chi connectivity index (χ0n) is 10.7. The minimum absolute atomic E-state index is 0.0408. The average molecular weight is 262 g/mol. The number of hydrazine groups is 1. The van der Waals surface area contributed by atoms with Gasteiger partial charge in [0.15, 0.2) is 5.78 Å². The summed E-state index contributed by atoms with van der Waals surface area (Å²) in [7, 11) is 0. The van der Waals surface area contributed by atoms with Crippen LogP contribution in [0.25, 0.3) is 0 Å². The number of hydrogen-bond donors (Lipinski definition) is 3. The molecule has 0 aliphatic rings. The second-order valence-electron chi connectivity index (χ2n) is 4.37. The Morgan fingerprint density at radius 2 is 1.78 bits per heavy atom. The maximum atomic E-state index is 12.3. The third-order valence-corrected chi connectivity index (χ3v) is 2.42. The van der Waals surface area contributed by atoms with Gasteiger partial charge in [-0.2, -0.15) is 0 Å². The summed E-state index contributed by atoms with van der Waals surface area (Å²) in [6, 6.07) is -1.75. The van der Waals surface area contributed by atoms with Crippen LogP contribution in [0.1, 0.15) is 27.2 Å². The average Bonchev–Trinajstić information content (AvgIpc) is 2.25. The van der Waals surface area contributed by atoms with Crippen molar-refractivity contribution >= 4 is 17.5 Å². The van der Waals surface area contributed by atoms with Crippen LogP contribution in [0, 0.1) is 5.92 Å².